The molecule has 0 aliphatic heterocycles. The first-order valence-electron chi connectivity index (χ1n) is 5.48. The highest BCUT2D eigenvalue weighted by Gasteiger charge is 2.06. The van der Waals surface area contributed by atoms with Gasteiger partial charge in [0.1, 0.15) is 5.82 Å². The Morgan fingerprint density at radius 2 is 2.18 bits per heavy atom. The molecule has 0 fully saturated rings. The number of nitrogens with one attached hydrogen (secondary N) is 2. The van der Waals surface area contributed by atoms with Gasteiger partial charge in [-0.05, 0) is 48.6 Å². The van der Waals surface area contributed by atoms with Gasteiger partial charge >= 0.3 is 0 Å². The highest BCUT2D eigenvalue weighted by Crippen LogP contribution is 2.20. The summed E-state index contributed by atoms with van der Waals surface area (Å²) in [5.74, 6) is -0.249. The maximum Gasteiger partial charge on any atom is 0.221 e. The van der Waals surface area contributed by atoms with Crippen LogP contribution in [0.15, 0.2) is 18.2 Å². The Labute approximate surface area is 114 Å². The summed E-state index contributed by atoms with van der Waals surface area (Å²) in [5.41, 5.74) is 0.725. The predicted octanol–water partition coefficient (Wildman–Crippen LogP) is 2.76. The van der Waals surface area contributed by atoms with E-state index in [1.807, 2.05) is 36.4 Å². The van der Waals surface area contributed by atoms with Crippen LogP contribution in [0.2, 0.25) is 0 Å². The van der Waals surface area contributed by atoms with E-state index in [1.54, 1.807) is 12.1 Å². The number of carbonyl (C=O) groups excluding carboxylic acids is 1. The SMILES string of the molecule is CC(C)NC(=O)CCNc1cccc(F)c1I. The Morgan fingerprint density at radius 1 is 1.47 bits per heavy atom. The minimum atomic E-state index is -0.248. The predicted molar refractivity (Wildman–Crippen MR) is 75.5 cm³/mol. The number of amides is 1. The molecule has 17 heavy (non-hydrogen) atoms. The fourth-order valence-electron chi connectivity index (χ4n) is 1.35. The number of anilines is 1. The van der Waals surface area contributed by atoms with Crippen molar-refractivity contribution >= 4 is 34.2 Å². The van der Waals surface area contributed by atoms with Gasteiger partial charge in [0.2, 0.25) is 5.91 Å². The van der Waals surface area contributed by atoms with Crippen molar-refractivity contribution in [2.45, 2.75) is 26.3 Å². The second-order valence-electron chi connectivity index (χ2n) is 4.00. The van der Waals surface area contributed by atoms with E-state index in [0.717, 1.165) is 5.69 Å². The number of hydrogen-bond acceptors (Lipinski definition) is 2. The second-order valence-corrected chi connectivity index (χ2v) is 5.08. The number of rotatable bonds is 5. The largest absolute Gasteiger partial charge is 0.384 e. The summed E-state index contributed by atoms with van der Waals surface area (Å²) in [6.45, 7) is 4.33. The molecule has 0 spiro atoms. The molecule has 0 aliphatic carbocycles. The minimum absolute atomic E-state index is 0.00101. The van der Waals surface area contributed by atoms with Crippen molar-refractivity contribution in [2.24, 2.45) is 0 Å². The van der Waals surface area contributed by atoms with E-state index in [-0.39, 0.29) is 17.8 Å². The molecule has 1 aromatic rings. The van der Waals surface area contributed by atoms with Gasteiger partial charge in [0, 0.05) is 19.0 Å². The highest BCUT2D eigenvalue weighted by molar-refractivity contribution is 14.1. The summed E-state index contributed by atoms with van der Waals surface area (Å²) in [5, 5.41) is 5.85. The molecule has 0 saturated heterocycles. The molecule has 3 nitrogen and oxygen atoms in total. The van der Waals surface area contributed by atoms with Gasteiger partial charge in [0.25, 0.3) is 0 Å². The Morgan fingerprint density at radius 3 is 2.82 bits per heavy atom. The van der Waals surface area contributed by atoms with Crippen LogP contribution in [-0.2, 0) is 4.79 Å². The molecule has 0 atom stereocenters. The third kappa shape index (κ3) is 4.89. The number of benzene rings is 1. The van der Waals surface area contributed by atoms with Crippen molar-refractivity contribution in [1.82, 2.24) is 5.32 Å². The Kier molecular flexibility index (Phi) is 5.67. The Balaban J connectivity index is 2.41. The molecule has 0 saturated carbocycles. The zero-order valence-electron chi connectivity index (χ0n) is 9.89. The van der Waals surface area contributed by atoms with E-state index in [0.29, 0.717) is 16.5 Å². The zero-order chi connectivity index (χ0) is 12.8. The summed E-state index contributed by atoms with van der Waals surface area (Å²) in [4.78, 5) is 11.4. The van der Waals surface area contributed by atoms with E-state index in [1.165, 1.54) is 6.07 Å². The third-order valence-corrected chi connectivity index (χ3v) is 3.17. The summed E-state index contributed by atoms with van der Waals surface area (Å²) < 4.78 is 13.8. The van der Waals surface area contributed by atoms with E-state index < -0.39 is 0 Å². The molecule has 0 aliphatic rings. The average molecular weight is 350 g/mol. The first kappa shape index (κ1) is 14.2. The van der Waals surface area contributed by atoms with Gasteiger partial charge in [-0.3, -0.25) is 4.79 Å². The number of carbonyl (C=O) groups is 1. The molecular formula is C12H16FIN2O. The average Bonchev–Trinajstić information content (AvgIpc) is 2.23. The summed E-state index contributed by atoms with van der Waals surface area (Å²) in [6, 6.07) is 5.01. The van der Waals surface area contributed by atoms with Crippen LogP contribution in [0.1, 0.15) is 20.3 Å². The lowest BCUT2D eigenvalue weighted by molar-refractivity contribution is -0.121. The van der Waals surface area contributed by atoms with Gasteiger partial charge in [0.15, 0.2) is 0 Å². The molecule has 0 unspecified atom stereocenters. The molecule has 0 bridgehead atoms. The van der Waals surface area contributed by atoms with Gasteiger partial charge in [-0.15, -0.1) is 0 Å². The van der Waals surface area contributed by atoms with Crippen molar-refractivity contribution < 1.29 is 9.18 Å². The van der Waals surface area contributed by atoms with Crippen LogP contribution >= 0.6 is 22.6 Å². The van der Waals surface area contributed by atoms with Crippen molar-refractivity contribution in [3.05, 3.63) is 27.6 Å². The molecule has 2 N–H and O–H groups in total. The van der Waals surface area contributed by atoms with Crippen molar-refractivity contribution in [3.8, 4) is 0 Å². The fraction of sp³-hybridized carbons (Fsp3) is 0.417. The van der Waals surface area contributed by atoms with Gasteiger partial charge in [0.05, 0.1) is 9.26 Å². The summed E-state index contributed by atoms with van der Waals surface area (Å²) in [7, 11) is 0. The Bertz CT molecular complexity index is 396. The van der Waals surface area contributed by atoms with Gasteiger partial charge in [-0.25, -0.2) is 4.39 Å². The van der Waals surface area contributed by atoms with Gasteiger partial charge < -0.3 is 10.6 Å². The van der Waals surface area contributed by atoms with Crippen LogP contribution in [0.5, 0.6) is 0 Å². The maximum absolute atomic E-state index is 13.2. The van der Waals surface area contributed by atoms with Gasteiger partial charge in [-0.2, -0.15) is 0 Å². The molecule has 0 aromatic heterocycles. The highest BCUT2D eigenvalue weighted by atomic mass is 127. The van der Waals surface area contributed by atoms with Crippen molar-refractivity contribution in [2.75, 3.05) is 11.9 Å². The first-order valence-corrected chi connectivity index (χ1v) is 6.56. The van der Waals surface area contributed by atoms with Gasteiger partial charge in [-0.1, -0.05) is 6.07 Å². The van der Waals surface area contributed by atoms with Crippen LogP contribution in [0.3, 0.4) is 0 Å². The molecule has 1 amide bonds. The van der Waals surface area contributed by atoms with E-state index >= 15 is 0 Å². The zero-order valence-corrected chi connectivity index (χ0v) is 12.0. The Hall–Kier alpha value is -0.850. The quantitative estimate of drug-likeness (QED) is 0.802. The topological polar surface area (TPSA) is 41.1 Å². The summed E-state index contributed by atoms with van der Waals surface area (Å²) in [6.07, 6.45) is 0.380. The fourth-order valence-corrected chi connectivity index (χ4v) is 1.90. The lowest BCUT2D eigenvalue weighted by Crippen LogP contribution is -2.31. The van der Waals surface area contributed by atoms with Crippen molar-refractivity contribution in [1.29, 1.82) is 0 Å². The molecular weight excluding hydrogens is 334 g/mol. The van der Waals surface area contributed by atoms with E-state index in [4.69, 9.17) is 0 Å². The maximum atomic E-state index is 13.2. The lowest BCUT2D eigenvalue weighted by Gasteiger charge is -2.10. The molecule has 5 heteroatoms. The monoisotopic (exact) mass is 350 g/mol. The minimum Gasteiger partial charge on any atom is -0.384 e. The van der Waals surface area contributed by atoms with E-state index in [2.05, 4.69) is 10.6 Å². The second kappa shape index (κ2) is 6.78. The normalized spacial score (nSPS) is 10.4. The number of halogens is 2. The summed E-state index contributed by atoms with van der Waals surface area (Å²) >= 11 is 1.94. The van der Waals surface area contributed by atoms with Crippen LogP contribution < -0.4 is 10.6 Å². The van der Waals surface area contributed by atoms with E-state index in [9.17, 15) is 9.18 Å². The van der Waals surface area contributed by atoms with Crippen LogP contribution in [0.25, 0.3) is 0 Å². The molecule has 1 aromatic carbocycles. The first-order chi connectivity index (χ1) is 8.00. The van der Waals surface area contributed by atoms with Crippen LogP contribution in [-0.4, -0.2) is 18.5 Å². The molecule has 94 valence electrons. The number of hydrogen-bond donors (Lipinski definition) is 2. The molecule has 0 heterocycles. The lowest BCUT2D eigenvalue weighted by atomic mass is 10.3. The van der Waals surface area contributed by atoms with Crippen LogP contribution in [0.4, 0.5) is 10.1 Å². The third-order valence-electron chi connectivity index (χ3n) is 2.07. The standard InChI is InChI=1S/C12H16FIN2O/c1-8(2)16-11(17)6-7-15-10-5-3-4-9(13)12(10)14/h3-5,8,15H,6-7H2,1-2H3,(H,16,17). The van der Waals surface area contributed by atoms with Crippen LogP contribution in [0, 0.1) is 9.39 Å². The molecule has 0 radical (unpaired) electrons. The van der Waals surface area contributed by atoms with Crippen molar-refractivity contribution in [3.63, 3.8) is 0 Å². The smallest absolute Gasteiger partial charge is 0.221 e. The molecule has 1 rings (SSSR count).